The minimum Gasteiger partial charge on any atom is -0.328 e. The van der Waals surface area contributed by atoms with Gasteiger partial charge in [0.15, 0.2) is 0 Å². The van der Waals surface area contributed by atoms with Crippen LogP contribution < -0.4 is 11.1 Å². The highest BCUT2D eigenvalue weighted by molar-refractivity contribution is 4.78. The predicted molar refractivity (Wildman–Crippen MR) is 39.3 cm³/mol. The molecule has 1 fully saturated rings. The van der Waals surface area contributed by atoms with E-state index in [2.05, 4.69) is 12.2 Å². The number of piperidine rings is 1. The van der Waals surface area contributed by atoms with Crippen molar-refractivity contribution in [3.63, 3.8) is 0 Å². The zero-order chi connectivity index (χ0) is 6.69. The van der Waals surface area contributed by atoms with Gasteiger partial charge in [-0.05, 0) is 25.8 Å². The van der Waals surface area contributed by atoms with Gasteiger partial charge in [-0.2, -0.15) is 0 Å². The van der Waals surface area contributed by atoms with Crippen molar-refractivity contribution in [1.82, 2.24) is 5.32 Å². The Morgan fingerprint density at radius 2 is 2.44 bits per heavy atom. The Morgan fingerprint density at radius 3 is 2.89 bits per heavy atom. The molecular weight excluding hydrogens is 112 g/mol. The van der Waals surface area contributed by atoms with Crippen LogP contribution in [0.4, 0.5) is 0 Å². The molecule has 1 saturated heterocycles. The molecule has 1 heterocycles. The Bertz CT molecular complexity index is 83.0. The molecule has 0 bridgehead atoms. The molecule has 0 spiro atoms. The highest BCUT2D eigenvalue weighted by Crippen LogP contribution is 2.07. The number of rotatable bonds is 1. The van der Waals surface area contributed by atoms with Gasteiger partial charge in [0.1, 0.15) is 0 Å². The highest BCUT2D eigenvalue weighted by atomic mass is 14.9. The maximum absolute atomic E-state index is 5.76. The first-order chi connectivity index (χ1) is 4.33. The summed E-state index contributed by atoms with van der Waals surface area (Å²) in [5, 5.41) is 3.42. The number of nitrogens with one attached hydrogen (secondary N) is 1. The lowest BCUT2D eigenvalue weighted by Crippen LogP contribution is -2.43. The molecule has 3 N–H and O–H groups in total. The molecule has 0 amide bonds. The fraction of sp³-hybridized carbons (Fsp3) is 1.00. The zero-order valence-electron chi connectivity index (χ0n) is 6.06. The second-order valence-corrected chi connectivity index (χ2v) is 2.84. The van der Waals surface area contributed by atoms with Crippen molar-refractivity contribution < 1.29 is 0 Å². The quantitative estimate of drug-likeness (QED) is 0.539. The van der Waals surface area contributed by atoms with E-state index in [0.717, 1.165) is 19.4 Å². The molecule has 2 nitrogen and oxygen atoms in total. The van der Waals surface area contributed by atoms with Crippen molar-refractivity contribution in [2.45, 2.75) is 38.3 Å². The summed E-state index contributed by atoms with van der Waals surface area (Å²) in [6.45, 7) is 3.31. The molecule has 0 aromatic heterocycles. The third-order valence-electron chi connectivity index (χ3n) is 2.03. The average molecular weight is 128 g/mol. The zero-order valence-corrected chi connectivity index (χ0v) is 6.06. The van der Waals surface area contributed by atoms with E-state index in [1.165, 1.54) is 6.42 Å². The summed E-state index contributed by atoms with van der Waals surface area (Å²) in [5.41, 5.74) is 5.76. The summed E-state index contributed by atoms with van der Waals surface area (Å²) < 4.78 is 0. The first-order valence-corrected chi connectivity index (χ1v) is 3.82. The Kier molecular flexibility index (Phi) is 2.49. The van der Waals surface area contributed by atoms with Gasteiger partial charge in [-0.25, -0.2) is 0 Å². The van der Waals surface area contributed by atoms with Crippen LogP contribution >= 0.6 is 0 Å². The SMILES string of the molecule is CCC1CC(N)CCN1. The van der Waals surface area contributed by atoms with Gasteiger partial charge in [0.25, 0.3) is 0 Å². The molecule has 1 rings (SSSR count). The fourth-order valence-electron chi connectivity index (χ4n) is 1.35. The van der Waals surface area contributed by atoms with E-state index in [-0.39, 0.29) is 0 Å². The van der Waals surface area contributed by atoms with Gasteiger partial charge in [0.2, 0.25) is 0 Å². The summed E-state index contributed by atoms with van der Waals surface area (Å²) in [4.78, 5) is 0. The molecule has 1 aliphatic heterocycles. The van der Waals surface area contributed by atoms with Crippen LogP contribution in [-0.2, 0) is 0 Å². The molecule has 9 heavy (non-hydrogen) atoms. The Morgan fingerprint density at radius 1 is 1.67 bits per heavy atom. The largest absolute Gasteiger partial charge is 0.328 e. The van der Waals surface area contributed by atoms with E-state index < -0.39 is 0 Å². The van der Waals surface area contributed by atoms with Crippen LogP contribution in [0.3, 0.4) is 0 Å². The molecule has 0 aliphatic carbocycles. The summed E-state index contributed by atoms with van der Waals surface area (Å²) in [7, 11) is 0. The monoisotopic (exact) mass is 128 g/mol. The molecule has 2 atom stereocenters. The van der Waals surface area contributed by atoms with Crippen molar-refractivity contribution in [1.29, 1.82) is 0 Å². The molecular formula is C7H16N2. The number of hydrogen-bond acceptors (Lipinski definition) is 2. The lowest BCUT2D eigenvalue weighted by Gasteiger charge is -2.26. The van der Waals surface area contributed by atoms with Gasteiger partial charge in [0, 0.05) is 12.1 Å². The van der Waals surface area contributed by atoms with Gasteiger partial charge in [-0.15, -0.1) is 0 Å². The van der Waals surface area contributed by atoms with E-state index >= 15 is 0 Å². The van der Waals surface area contributed by atoms with E-state index in [4.69, 9.17) is 5.73 Å². The van der Waals surface area contributed by atoms with Crippen molar-refractivity contribution in [2.24, 2.45) is 5.73 Å². The lowest BCUT2D eigenvalue weighted by atomic mass is 9.99. The van der Waals surface area contributed by atoms with Crippen LogP contribution in [-0.4, -0.2) is 18.6 Å². The van der Waals surface area contributed by atoms with Crippen molar-refractivity contribution in [2.75, 3.05) is 6.54 Å². The summed E-state index contributed by atoms with van der Waals surface area (Å²) in [6, 6.07) is 1.14. The van der Waals surface area contributed by atoms with Gasteiger partial charge < -0.3 is 11.1 Å². The lowest BCUT2D eigenvalue weighted by molar-refractivity contribution is 0.355. The molecule has 0 aromatic rings. The Hall–Kier alpha value is -0.0800. The van der Waals surface area contributed by atoms with Gasteiger partial charge in [0.05, 0.1) is 0 Å². The van der Waals surface area contributed by atoms with Crippen LogP contribution in [0.25, 0.3) is 0 Å². The second kappa shape index (κ2) is 3.18. The van der Waals surface area contributed by atoms with Crippen LogP contribution in [0.15, 0.2) is 0 Å². The van der Waals surface area contributed by atoms with Crippen molar-refractivity contribution in [3.05, 3.63) is 0 Å². The van der Waals surface area contributed by atoms with E-state index in [0.29, 0.717) is 12.1 Å². The fourth-order valence-corrected chi connectivity index (χ4v) is 1.35. The molecule has 2 heteroatoms. The highest BCUT2D eigenvalue weighted by Gasteiger charge is 2.15. The second-order valence-electron chi connectivity index (χ2n) is 2.84. The Balaban J connectivity index is 2.23. The maximum Gasteiger partial charge on any atom is 0.00791 e. The van der Waals surface area contributed by atoms with Gasteiger partial charge >= 0.3 is 0 Å². The normalized spacial score (nSPS) is 36.7. The molecule has 0 saturated carbocycles. The third kappa shape index (κ3) is 1.95. The minimum absolute atomic E-state index is 0.455. The summed E-state index contributed by atoms with van der Waals surface area (Å²) >= 11 is 0. The average Bonchev–Trinajstić information content (AvgIpc) is 1.88. The van der Waals surface area contributed by atoms with Crippen molar-refractivity contribution in [3.8, 4) is 0 Å². The van der Waals surface area contributed by atoms with Crippen LogP contribution in [0.2, 0.25) is 0 Å². The molecule has 0 radical (unpaired) electrons. The van der Waals surface area contributed by atoms with Crippen LogP contribution in [0, 0.1) is 0 Å². The Labute approximate surface area is 56.8 Å². The first-order valence-electron chi connectivity index (χ1n) is 3.82. The van der Waals surface area contributed by atoms with E-state index in [9.17, 15) is 0 Å². The first kappa shape index (κ1) is 7.03. The van der Waals surface area contributed by atoms with Gasteiger partial charge in [-0.1, -0.05) is 6.92 Å². The summed E-state index contributed by atoms with van der Waals surface area (Å²) in [5.74, 6) is 0. The smallest absolute Gasteiger partial charge is 0.00791 e. The number of hydrogen-bond donors (Lipinski definition) is 2. The van der Waals surface area contributed by atoms with Crippen LogP contribution in [0.5, 0.6) is 0 Å². The predicted octanol–water partition coefficient (Wildman–Crippen LogP) is 0.476. The molecule has 1 aliphatic rings. The van der Waals surface area contributed by atoms with E-state index in [1.807, 2.05) is 0 Å². The topological polar surface area (TPSA) is 38.0 Å². The van der Waals surface area contributed by atoms with Gasteiger partial charge in [-0.3, -0.25) is 0 Å². The van der Waals surface area contributed by atoms with Crippen LogP contribution in [0.1, 0.15) is 26.2 Å². The van der Waals surface area contributed by atoms with Crippen molar-refractivity contribution >= 4 is 0 Å². The number of nitrogens with two attached hydrogens (primary N) is 1. The standard InChI is InChI=1S/C7H16N2/c1-2-7-5-6(8)3-4-9-7/h6-7,9H,2-5,8H2,1H3. The molecule has 54 valence electrons. The minimum atomic E-state index is 0.455. The van der Waals surface area contributed by atoms with E-state index in [1.54, 1.807) is 0 Å². The third-order valence-corrected chi connectivity index (χ3v) is 2.03. The molecule has 0 aromatic carbocycles. The maximum atomic E-state index is 5.76. The summed E-state index contributed by atoms with van der Waals surface area (Å²) in [6.07, 6.45) is 3.53. The molecule has 2 unspecified atom stereocenters.